The van der Waals surface area contributed by atoms with Gasteiger partial charge >= 0.3 is 0 Å². The van der Waals surface area contributed by atoms with Crippen molar-refractivity contribution in [3.05, 3.63) is 89.6 Å². The molecule has 1 aliphatic rings. The largest absolute Gasteiger partial charge is 0.469 e. The molecule has 2 N–H and O–H groups in total. The third-order valence-electron chi connectivity index (χ3n) is 6.68. The lowest BCUT2D eigenvalue weighted by molar-refractivity contribution is -0.122. The molecule has 0 radical (unpaired) electrons. The van der Waals surface area contributed by atoms with Crippen molar-refractivity contribution < 1.29 is 18.4 Å². The Hall–Kier alpha value is -3.06. The predicted octanol–water partition coefficient (Wildman–Crippen LogP) is 5.45. The fraction of sp³-hybridized carbons (Fsp3) is 0.357. The lowest BCUT2D eigenvalue weighted by atomic mass is 9.85. The maximum absolute atomic E-state index is 13.4. The van der Waals surface area contributed by atoms with E-state index in [1.165, 1.54) is 17.0 Å². The van der Waals surface area contributed by atoms with E-state index in [1.807, 2.05) is 18.4 Å². The molecule has 0 bridgehead atoms. The highest BCUT2D eigenvalue weighted by Gasteiger charge is 2.37. The number of benzene rings is 2. The Labute approximate surface area is 209 Å². The van der Waals surface area contributed by atoms with Gasteiger partial charge in [0, 0.05) is 35.7 Å². The van der Waals surface area contributed by atoms with E-state index >= 15 is 0 Å². The number of rotatable bonds is 11. The van der Waals surface area contributed by atoms with Crippen LogP contribution >= 0.6 is 11.8 Å². The van der Waals surface area contributed by atoms with Gasteiger partial charge < -0.3 is 15.1 Å². The first kappa shape index (κ1) is 25.0. The molecule has 7 heteroatoms. The van der Waals surface area contributed by atoms with Crippen LogP contribution in [0.15, 0.2) is 76.2 Å². The molecule has 0 spiro atoms. The molecule has 1 fully saturated rings. The number of nitrogens with one attached hydrogen (secondary N) is 2. The molecule has 2 aromatic carbocycles. The highest BCUT2D eigenvalue weighted by molar-refractivity contribution is 7.98. The van der Waals surface area contributed by atoms with Crippen LogP contribution in [0.4, 0.5) is 4.39 Å². The number of furan rings is 1. The molecule has 0 saturated carbocycles. The van der Waals surface area contributed by atoms with Crippen LogP contribution in [-0.4, -0.2) is 30.2 Å². The molecule has 2 atom stereocenters. The molecule has 1 aromatic heterocycles. The highest BCUT2D eigenvalue weighted by atomic mass is 32.2. The zero-order chi connectivity index (χ0) is 24.7. The second kappa shape index (κ2) is 11.6. The Morgan fingerprint density at radius 1 is 1.17 bits per heavy atom. The van der Waals surface area contributed by atoms with Crippen LogP contribution in [0.3, 0.4) is 0 Å². The van der Waals surface area contributed by atoms with Gasteiger partial charge in [0.25, 0.3) is 0 Å². The number of halogens is 1. The molecule has 0 unspecified atom stereocenters. The zero-order valence-corrected chi connectivity index (χ0v) is 20.7. The van der Waals surface area contributed by atoms with E-state index in [0.717, 1.165) is 23.3 Å². The summed E-state index contributed by atoms with van der Waals surface area (Å²) in [4.78, 5) is 26.0. The van der Waals surface area contributed by atoms with E-state index < -0.39 is 0 Å². The Morgan fingerprint density at radius 2 is 1.94 bits per heavy atom. The van der Waals surface area contributed by atoms with Crippen LogP contribution < -0.4 is 10.6 Å². The van der Waals surface area contributed by atoms with Gasteiger partial charge in [-0.1, -0.05) is 24.3 Å². The van der Waals surface area contributed by atoms with Gasteiger partial charge in [-0.15, -0.1) is 11.8 Å². The summed E-state index contributed by atoms with van der Waals surface area (Å²) in [5.41, 5.74) is 1.71. The third kappa shape index (κ3) is 6.75. The van der Waals surface area contributed by atoms with Gasteiger partial charge in [0.15, 0.2) is 0 Å². The van der Waals surface area contributed by atoms with E-state index in [1.54, 1.807) is 30.2 Å². The molecular formula is C28H31FN2O3S. The topological polar surface area (TPSA) is 71.3 Å². The minimum atomic E-state index is -0.389. The summed E-state index contributed by atoms with van der Waals surface area (Å²) in [6.07, 6.45) is 7.17. The van der Waals surface area contributed by atoms with Crippen molar-refractivity contribution in [2.24, 2.45) is 0 Å². The summed E-state index contributed by atoms with van der Waals surface area (Å²) in [5, 5.41) is 6.17. The maximum atomic E-state index is 13.4. The number of hydrogen-bond acceptors (Lipinski definition) is 4. The summed E-state index contributed by atoms with van der Waals surface area (Å²) in [7, 11) is 0. The van der Waals surface area contributed by atoms with Gasteiger partial charge in [0.2, 0.25) is 11.8 Å². The van der Waals surface area contributed by atoms with Gasteiger partial charge in [0.1, 0.15) is 11.6 Å². The van der Waals surface area contributed by atoms with Crippen molar-refractivity contribution >= 4 is 23.6 Å². The molecular weight excluding hydrogens is 463 g/mol. The van der Waals surface area contributed by atoms with Gasteiger partial charge in [-0.05, 0) is 79.5 Å². The molecule has 2 amide bonds. The Kier molecular flexibility index (Phi) is 8.29. The molecule has 0 aliphatic carbocycles. The quantitative estimate of drug-likeness (QED) is 0.348. The van der Waals surface area contributed by atoms with Crippen LogP contribution in [0.1, 0.15) is 54.9 Å². The smallest absolute Gasteiger partial charge is 0.220 e. The first-order chi connectivity index (χ1) is 17.0. The molecule has 1 aliphatic heterocycles. The average Bonchev–Trinajstić information content (AvgIpc) is 3.52. The van der Waals surface area contributed by atoms with E-state index in [0.29, 0.717) is 38.6 Å². The number of carbonyl (C=O) groups excluding carboxylic acids is 2. The van der Waals surface area contributed by atoms with Crippen LogP contribution in [0, 0.1) is 5.82 Å². The minimum Gasteiger partial charge on any atom is -0.469 e. The van der Waals surface area contributed by atoms with Crippen LogP contribution in [0.5, 0.6) is 0 Å². The van der Waals surface area contributed by atoms with Gasteiger partial charge in [0.05, 0.1) is 6.26 Å². The standard InChI is InChI=1S/C28H31FN2O3S/c1-35-23-10-4-20(5-11-23)19-28(16-13-27(33)31-28)15-12-26(32)30-17-14-24(25-3-2-18-34-25)21-6-8-22(29)9-7-21/h2-11,18,24H,12-17,19H2,1H3,(H,30,32)(H,31,33)/t24-,28+/m0/s1. The fourth-order valence-electron chi connectivity index (χ4n) is 4.77. The number of amides is 2. The van der Waals surface area contributed by atoms with Crippen molar-refractivity contribution in [3.63, 3.8) is 0 Å². The Morgan fingerprint density at radius 3 is 2.57 bits per heavy atom. The van der Waals surface area contributed by atoms with E-state index in [4.69, 9.17) is 4.42 Å². The summed E-state index contributed by atoms with van der Waals surface area (Å²) in [6.45, 7) is 0.469. The molecule has 3 aromatic rings. The average molecular weight is 495 g/mol. The number of thioether (sulfide) groups is 1. The van der Waals surface area contributed by atoms with Gasteiger partial charge in [-0.25, -0.2) is 4.39 Å². The summed E-state index contributed by atoms with van der Waals surface area (Å²) in [6, 6.07) is 18.5. The Balaban J connectivity index is 1.32. The van der Waals surface area contributed by atoms with Crippen molar-refractivity contribution in [2.75, 3.05) is 12.8 Å². The Bertz CT molecular complexity index is 1120. The van der Waals surface area contributed by atoms with Gasteiger partial charge in [-0.2, -0.15) is 0 Å². The lowest BCUT2D eigenvalue weighted by Gasteiger charge is -2.29. The van der Waals surface area contributed by atoms with Crippen molar-refractivity contribution in [2.45, 2.75) is 54.9 Å². The SMILES string of the molecule is CSc1ccc(C[C@@]2(CCC(=O)NCC[C@@H](c3ccc(F)cc3)c3ccco3)CCC(=O)N2)cc1. The molecule has 2 heterocycles. The highest BCUT2D eigenvalue weighted by Crippen LogP contribution is 2.31. The van der Waals surface area contributed by atoms with E-state index in [2.05, 4.69) is 34.9 Å². The van der Waals surface area contributed by atoms with E-state index in [-0.39, 0.29) is 29.1 Å². The monoisotopic (exact) mass is 494 g/mol. The summed E-state index contributed by atoms with van der Waals surface area (Å²) < 4.78 is 19.0. The first-order valence-corrected chi connectivity index (χ1v) is 13.2. The predicted molar refractivity (Wildman–Crippen MR) is 136 cm³/mol. The maximum Gasteiger partial charge on any atom is 0.220 e. The number of hydrogen-bond donors (Lipinski definition) is 2. The first-order valence-electron chi connectivity index (χ1n) is 12.0. The van der Waals surface area contributed by atoms with Gasteiger partial charge in [-0.3, -0.25) is 9.59 Å². The second-order valence-electron chi connectivity index (χ2n) is 9.11. The second-order valence-corrected chi connectivity index (χ2v) is 9.99. The fourth-order valence-corrected chi connectivity index (χ4v) is 5.18. The molecule has 4 rings (SSSR count). The molecule has 1 saturated heterocycles. The molecule has 35 heavy (non-hydrogen) atoms. The molecule has 184 valence electrons. The van der Waals surface area contributed by atoms with Crippen molar-refractivity contribution in [1.82, 2.24) is 10.6 Å². The van der Waals surface area contributed by atoms with Crippen molar-refractivity contribution in [3.8, 4) is 0 Å². The summed E-state index contributed by atoms with van der Waals surface area (Å²) in [5.74, 6) is 0.433. The zero-order valence-electron chi connectivity index (χ0n) is 19.9. The van der Waals surface area contributed by atoms with Crippen LogP contribution in [0.2, 0.25) is 0 Å². The van der Waals surface area contributed by atoms with Crippen LogP contribution in [0.25, 0.3) is 0 Å². The number of carbonyl (C=O) groups is 2. The molecule has 5 nitrogen and oxygen atoms in total. The summed E-state index contributed by atoms with van der Waals surface area (Å²) >= 11 is 1.70. The minimum absolute atomic E-state index is 0.0412. The van der Waals surface area contributed by atoms with E-state index in [9.17, 15) is 14.0 Å². The van der Waals surface area contributed by atoms with Crippen molar-refractivity contribution in [1.29, 1.82) is 0 Å². The normalized spacial score (nSPS) is 18.3. The lowest BCUT2D eigenvalue weighted by Crippen LogP contribution is -2.44. The third-order valence-corrected chi connectivity index (χ3v) is 7.43. The van der Waals surface area contributed by atoms with Crippen LogP contribution in [-0.2, 0) is 16.0 Å².